The molecule has 1 amide bonds. The lowest BCUT2D eigenvalue weighted by molar-refractivity contribution is -0.133. The Morgan fingerprint density at radius 2 is 1.39 bits per heavy atom. The van der Waals surface area contributed by atoms with Crippen LogP contribution in [0, 0.1) is 5.41 Å². The summed E-state index contributed by atoms with van der Waals surface area (Å²) in [5, 5.41) is 3.99. The summed E-state index contributed by atoms with van der Waals surface area (Å²) in [5.41, 5.74) is 0.628. The maximum atomic E-state index is 12.7. The topological polar surface area (TPSA) is 48.1 Å². The molecule has 0 aromatic carbocycles. The molecule has 2 aliphatic rings. The van der Waals surface area contributed by atoms with Gasteiger partial charge in [0.2, 0.25) is 5.91 Å². The predicted molar refractivity (Wildman–Crippen MR) is 162 cm³/mol. The Labute approximate surface area is 236 Å². The number of hydrogen-bond acceptors (Lipinski definition) is 5. The lowest BCUT2D eigenvalue weighted by atomic mass is 9.79. The van der Waals surface area contributed by atoms with Gasteiger partial charge in [0, 0.05) is 56.3 Å². The van der Waals surface area contributed by atoms with Crippen LogP contribution in [0.15, 0.2) is 0 Å². The van der Waals surface area contributed by atoms with Crippen molar-refractivity contribution in [3.05, 3.63) is 0 Å². The molecule has 0 aromatic heterocycles. The van der Waals surface area contributed by atoms with Crippen molar-refractivity contribution in [1.82, 2.24) is 20.0 Å². The minimum atomic E-state index is -0.0444. The number of ether oxygens (including phenoxy) is 1. The van der Waals surface area contributed by atoms with Crippen molar-refractivity contribution < 1.29 is 9.53 Å². The molecule has 6 nitrogen and oxygen atoms in total. The molecule has 2 heterocycles. The van der Waals surface area contributed by atoms with E-state index in [-0.39, 0.29) is 16.7 Å². The number of piperazine rings is 1. The molecule has 0 atom stereocenters. The Bertz CT molecular complexity index is 691. The Kier molecular flexibility index (Phi) is 12.6. The molecule has 0 saturated carbocycles. The van der Waals surface area contributed by atoms with Gasteiger partial charge in [0.05, 0.1) is 12.2 Å². The molecule has 0 aromatic rings. The summed E-state index contributed by atoms with van der Waals surface area (Å²) in [6.45, 7) is 30.7. The van der Waals surface area contributed by atoms with E-state index in [1.165, 1.54) is 32.1 Å². The number of piperidine rings is 1. The molecule has 0 bridgehead atoms. The molecule has 2 aliphatic heterocycles. The van der Waals surface area contributed by atoms with E-state index in [1.54, 1.807) is 0 Å². The predicted octanol–water partition coefficient (Wildman–Crippen LogP) is 5.94. The van der Waals surface area contributed by atoms with Crippen LogP contribution in [0.2, 0.25) is 0 Å². The van der Waals surface area contributed by atoms with E-state index in [9.17, 15) is 4.79 Å². The lowest BCUT2D eigenvalue weighted by Crippen LogP contribution is -2.54. The third-order valence-electron chi connectivity index (χ3n) is 8.63. The van der Waals surface area contributed by atoms with Crippen LogP contribution in [0.3, 0.4) is 0 Å². The van der Waals surface area contributed by atoms with Gasteiger partial charge in [-0.05, 0) is 112 Å². The molecule has 224 valence electrons. The molecule has 2 saturated heterocycles. The van der Waals surface area contributed by atoms with E-state index < -0.39 is 0 Å². The monoisotopic (exact) mass is 537 g/mol. The van der Waals surface area contributed by atoms with Crippen molar-refractivity contribution in [2.45, 2.75) is 143 Å². The highest BCUT2D eigenvalue weighted by Crippen LogP contribution is 2.32. The van der Waals surface area contributed by atoms with Crippen LogP contribution < -0.4 is 5.32 Å². The summed E-state index contributed by atoms with van der Waals surface area (Å²) in [4.78, 5) is 19.9. The van der Waals surface area contributed by atoms with Crippen molar-refractivity contribution in [3.8, 4) is 0 Å². The summed E-state index contributed by atoms with van der Waals surface area (Å²) in [5.74, 6) is 0.356. The van der Waals surface area contributed by atoms with E-state index in [0.29, 0.717) is 23.8 Å². The second-order valence-corrected chi connectivity index (χ2v) is 15.5. The zero-order valence-electron chi connectivity index (χ0n) is 27.0. The van der Waals surface area contributed by atoms with E-state index >= 15 is 0 Å². The van der Waals surface area contributed by atoms with Gasteiger partial charge in [-0.3, -0.25) is 9.69 Å². The summed E-state index contributed by atoms with van der Waals surface area (Å²) in [6.07, 6.45) is 8.93. The van der Waals surface area contributed by atoms with Crippen LogP contribution in [0.4, 0.5) is 0 Å². The van der Waals surface area contributed by atoms with Gasteiger partial charge in [0.15, 0.2) is 0 Å². The molecule has 2 fully saturated rings. The number of carbonyl (C=O) groups excluding carboxylic acids is 1. The first-order valence-corrected chi connectivity index (χ1v) is 15.6. The minimum absolute atomic E-state index is 0.0444. The number of rotatable bonds is 13. The van der Waals surface area contributed by atoms with E-state index in [0.717, 1.165) is 65.3 Å². The van der Waals surface area contributed by atoms with Crippen molar-refractivity contribution in [3.63, 3.8) is 0 Å². The number of amides is 1. The zero-order chi connectivity index (χ0) is 28.6. The highest BCUT2D eigenvalue weighted by Gasteiger charge is 2.29. The van der Waals surface area contributed by atoms with Gasteiger partial charge < -0.3 is 19.9 Å². The normalized spacial score (nSPS) is 19.8. The van der Waals surface area contributed by atoms with Crippen LogP contribution in [0.5, 0.6) is 0 Å². The molecule has 38 heavy (non-hydrogen) atoms. The second kappa shape index (κ2) is 14.3. The fourth-order valence-electron chi connectivity index (χ4n) is 5.85. The van der Waals surface area contributed by atoms with Crippen LogP contribution in [-0.4, -0.2) is 95.7 Å². The molecule has 0 spiro atoms. The standard InChI is InChI=1S/C32H64N4O2/c1-29(2,3)36-23-21-35(22-24-36)28(37)13-11-12-16-31(7,8)17-18-32(9,10)33-27-14-19-34(20-15-27)25-26-38-30(4,5)6/h27,33H,11-26H2,1-10H3. The average Bonchev–Trinajstić information content (AvgIpc) is 2.80. The van der Waals surface area contributed by atoms with E-state index in [1.807, 2.05) is 0 Å². The van der Waals surface area contributed by atoms with E-state index in [4.69, 9.17) is 4.74 Å². The van der Waals surface area contributed by atoms with Gasteiger partial charge in [-0.1, -0.05) is 20.3 Å². The average molecular weight is 537 g/mol. The molecule has 0 aliphatic carbocycles. The summed E-state index contributed by atoms with van der Waals surface area (Å²) in [7, 11) is 0. The Morgan fingerprint density at radius 3 is 1.95 bits per heavy atom. The van der Waals surface area contributed by atoms with Crippen LogP contribution in [-0.2, 0) is 9.53 Å². The minimum Gasteiger partial charge on any atom is -0.375 e. The molecular formula is C32H64N4O2. The highest BCUT2D eigenvalue weighted by atomic mass is 16.5. The third-order valence-corrected chi connectivity index (χ3v) is 8.63. The summed E-state index contributed by atoms with van der Waals surface area (Å²) < 4.78 is 5.91. The smallest absolute Gasteiger partial charge is 0.222 e. The Balaban J connectivity index is 1.60. The van der Waals surface area contributed by atoms with Gasteiger partial charge in [-0.2, -0.15) is 0 Å². The Hall–Kier alpha value is -0.690. The SMILES string of the molecule is CC(C)(CCCCC(=O)N1CCN(C(C)(C)C)CC1)CCC(C)(C)NC1CCN(CCOC(C)(C)C)CC1. The number of nitrogens with zero attached hydrogens (tertiary/aromatic N) is 3. The van der Waals surface area contributed by atoms with Gasteiger partial charge in [0.1, 0.15) is 0 Å². The van der Waals surface area contributed by atoms with Crippen molar-refractivity contribution >= 4 is 5.91 Å². The van der Waals surface area contributed by atoms with Crippen LogP contribution >= 0.6 is 0 Å². The molecule has 6 heteroatoms. The zero-order valence-corrected chi connectivity index (χ0v) is 27.0. The molecule has 0 radical (unpaired) electrons. The van der Waals surface area contributed by atoms with Crippen molar-refractivity contribution in [2.24, 2.45) is 5.41 Å². The van der Waals surface area contributed by atoms with E-state index in [2.05, 4.69) is 89.3 Å². The van der Waals surface area contributed by atoms with Gasteiger partial charge in [-0.15, -0.1) is 0 Å². The van der Waals surface area contributed by atoms with Gasteiger partial charge >= 0.3 is 0 Å². The number of nitrogens with one attached hydrogen (secondary N) is 1. The third kappa shape index (κ3) is 13.1. The summed E-state index contributed by atoms with van der Waals surface area (Å²) >= 11 is 0. The maximum Gasteiger partial charge on any atom is 0.222 e. The highest BCUT2D eigenvalue weighted by molar-refractivity contribution is 5.76. The first-order chi connectivity index (χ1) is 17.5. The van der Waals surface area contributed by atoms with Gasteiger partial charge in [0.25, 0.3) is 0 Å². The molecule has 2 rings (SSSR count). The maximum absolute atomic E-state index is 12.7. The number of carbonyl (C=O) groups is 1. The number of unbranched alkanes of at least 4 members (excludes halogenated alkanes) is 1. The van der Waals surface area contributed by atoms with Gasteiger partial charge in [-0.25, -0.2) is 0 Å². The second-order valence-electron chi connectivity index (χ2n) is 15.5. The molecule has 1 N–H and O–H groups in total. The first-order valence-electron chi connectivity index (χ1n) is 15.6. The van der Waals surface area contributed by atoms with Crippen LogP contribution in [0.25, 0.3) is 0 Å². The number of likely N-dealkylation sites (tertiary alicyclic amines) is 1. The van der Waals surface area contributed by atoms with Crippen LogP contribution in [0.1, 0.15) is 121 Å². The number of hydrogen-bond donors (Lipinski definition) is 1. The van der Waals surface area contributed by atoms with Crippen molar-refractivity contribution in [2.75, 3.05) is 52.4 Å². The largest absolute Gasteiger partial charge is 0.375 e. The Morgan fingerprint density at radius 1 is 0.789 bits per heavy atom. The molecule has 0 unspecified atom stereocenters. The quantitative estimate of drug-likeness (QED) is 0.295. The van der Waals surface area contributed by atoms with Crippen molar-refractivity contribution in [1.29, 1.82) is 0 Å². The fourth-order valence-corrected chi connectivity index (χ4v) is 5.85. The fraction of sp³-hybridized carbons (Fsp3) is 0.969. The first kappa shape index (κ1) is 33.5. The summed E-state index contributed by atoms with van der Waals surface area (Å²) in [6, 6.07) is 0.615. The molecular weight excluding hydrogens is 472 g/mol. The lowest BCUT2D eigenvalue weighted by Gasteiger charge is -2.42.